The Hall–Kier alpha value is -2.41. The molecule has 0 aromatic heterocycles. The second-order valence-electron chi connectivity index (χ2n) is 3.86. The van der Waals surface area contributed by atoms with Crippen molar-refractivity contribution in [2.75, 3.05) is 10.6 Å². The van der Waals surface area contributed by atoms with Crippen molar-refractivity contribution in [2.45, 2.75) is 0 Å². The van der Waals surface area contributed by atoms with Gasteiger partial charge in [-0.3, -0.25) is 10.1 Å². The fourth-order valence-corrected chi connectivity index (χ4v) is 1.82. The van der Waals surface area contributed by atoms with E-state index < -0.39 is 11.0 Å². The van der Waals surface area contributed by atoms with Gasteiger partial charge in [-0.1, -0.05) is 28.1 Å². The second-order valence-corrected chi connectivity index (χ2v) is 4.78. The first kappa shape index (κ1) is 14.0. The fourth-order valence-electron chi connectivity index (χ4n) is 1.56. The average molecular weight is 336 g/mol. The molecule has 6 nitrogen and oxygen atoms in total. The molecule has 0 saturated heterocycles. The van der Waals surface area contributed by atoms with Gasteiger partial charge in [0.25, 0.3) is 5.69 Å². The Morgan fingerprint density at radius 2 is 1.70 bits per heavy atom. The highest BCUT2D eigenvalue weighted by atomic mass is 79.9. The van der Waals surface area contributed by atoms with Crippen molar-refractivity contribution in [1.82, 2.24) is 0 Å². The number of carbonyl (C=O) groups is 1. The van der Waals surface area contributed by atoms with E-state index in [0.29, 0.717) is 5.69 Å². The Balaban J connectivity index is 2.08. The number of carbonyl (C=O) groups excluding carboxylic acids is 1. The maximum atomic E-state index is 11.8. The molecule has 0 heterocycles. The standard InChI is InChI=1S/C13H10BrN3O3/c14-9-5-7-10(8-6-9)15-13(18)16-11-3-1-2-4-12(11)17(19)20/h1-8H,(H2,15,16,18). The summed E-state index contributed by atoms with van der Waals surface area (Å²) in [6.45, 7) is 0. The minimum Gasteiger partial charge on any atom is -0.308 e. The molecule has 2 N–H and O–H groups in total. The summed E-state index contributed by atoms with van der Waals surface area (Å²) in [5.74, 6) is 0. The fraction of sp³-hybridized carbons (Fsp3) is 0. The van der Waals surface area contributed by atoms with Crippen LogP contribution in [0.1, 0.15) is 0 Å². The van der Waals surface area contributed by atoms with E-state index in [2.05, 4.69) is 26.6 Å². The zero-order valence-electron chi connectivity index (χ0n) is 10.2. The van der Waals surface area contributed by atoms with Crippen molar-refractivity contribution < 1.29 is 9.72 Å². The molecule has 20 heavy (non-hydrogen) atoms. The summed E-state index contributed by atoms with van der Waals surface area (Å²) in [6, 6.07) is 12.4. The summed E-state index contributed by atoms with van der Waals surface area (Å²) in [7, 11) is 0. The number of nitro benzene ring substituents is 1. The van der Waals surface area contributed by atoms with Gasteiger partial charge < -0.3 is 10.6 Å². The summed E-state index contributed by atoms with van der Waals surface area (Å²) in [6.07, 6.45) is 0. The molecule has 2 aromatic rings. The maximum Gasteiger partial charge on any atom is 0.323 e. The van der Waals surface area contributed by atoms with E-state index in [1.54, 1.807) is 30.3 Å². The zero-order chi connectivity index (χ0) is 14.5. The van der Waals surface area contributed by atoms with Gasteiger partial charge in [-0.05, 0) is 30.3 Å². The largest absolute Gasteiger partial charge is 0.323 e. The Kier molecular flexibility index (Phi) is 4.31. The Labute approximate surface area is 123 Å². The lowest BCUT2D eigenvalue weighted by atomic mass is 10.2. The Bertz CT molecular complexity index is 644. The Morgan fingerprint density at radius 1 is 1.05 bits per heavy atom. The van der Waals surface area contributed by atoms with Crippen molar-refractivity contribution >= 4 is 39.0 Å². The first-order valence-electron chi connectivity index (χ1n) is 5.63. The third kappa shape index (κ3) is 3.55. The van der Waals surface area contributed by atoms with Gasteiger partial charge in [0.05, 0.1) is 4.92 Å². The topological polar surface area (TPSA) is 84.3 Å². The molecule has 2 rings (SSSR count). The van der Waals surface area contributed by atoms with Gasteiger partial charge in [-0.25, -0.2) is 4.79 Å². The molecule has 0 spiro atoms. The van der Waals surface area contributed by atoms with Gasteiger partial charge in [0.1, 0.15) is 5.69 Å². The van der Waals surface area contributed by atoms with Gasteiger partial charge in [-0.2, -0.15) is 0 Å². The number of rotatable bonds is 3. The van der Waals surface area contributed by atoms with E-state index in [9.17, 15) is 14.9 Å². The lowest BCUT2D eigenvalue weighted by molar-refractivity contribution is -0.383. The highest BCUT2D eigenvalue weighted by Gasteiger charge is 2.14. The van der Waals surface area contributed by atoms with Crippen LogP contribution in [0.25, 0.3) is 0 Å². The molecule has 0 aliphatic heterocycles. The normalized spacial score (nSPS) is 9.85. The van der Waals surface area contributed by atoms with E-state index in [1.807, 2.05) is 0 Å². The molecule has 0 fully saturated rings. The number of nitrogens with one attached hydrogen (secondary N) is 2. The number of anilines is 2. The van der Waals surface area contributed by atoms with Gasteiger partial charge >= 0.3 is 6.03 Å². The number of nitro groups is 1. The van der Waals surface area contributed by atoms with Crippen LogP contribution in [0.2, 0.25) is 0 Å². The third-order valence-electron chi connectivity index (χ3n) is 2.45. The maximum absolute atomic E-state index is 11.8. The number of halogens is 1. The molecule has 2 aromatic carbocycles. The number of urea groups is 1. The monoisotopic (exact) mass is 335 g/mol. The van der Waals surface area contributed by atoms with E-state index in [0.717, 1.165) is 4.47 Å². The number of nitrogens with zero attached hydrogens (tertiary/aromatic N) is 1. The summed E-state index contributed by atoms with van der Waals surface area (Å²) in [5, 5.41) is 15.9. The molecular formula is C13H10BrN3O3. The smallest absolute Gasteiger partial charge is 0.308 e. The molecule has 102 valence electrons. The zero-order valence-corrected chi connectivity index (χ0v) is 11.8. The summed E-state index contributed by atoms with van der Waals surface area (Å²) >= 11 is 3.29. The van der Waals surface area contributed by atoms with Crippen LogP contribution >= 0.6 is 15.9 Å². The van der Waals surface area contributed by atoms with Gasteiger partial charge in [0, 0.05) is 16.2 Å². The SMILES string of the molecule is O=C(Nc1ccc(Br)cc1)Nc1ccccc1[N+](=O)[O-]. The van der Waals surface area contributed by atoms with Gasteiger partial charge in [0.15, 0.2) is 0 Å². The number of benzene rings is 2. The number of amides is 2. The highest BCUT2D eigenvalue weighted by molar-refractivity contribution is 9.10. The number of hydrogen-bond donors (Lipinski definition) is 2. The van der Waals surface area contributed by atoms with Crippen LogP contribution in [0.15, 0.2) is 53.0 Å². The van der Waals surface area contributed by atoms with E-state index in [4.69, 9.17) is 0 Å². The molecule has 7 heteroatoms. The van der Waals surface area contributed by atoms with Crippen LogP contribution in [-0.4, -0.2) is 11.0 Å². The van der Waals surface area contributed by atoms with Crippen molar-refractivity contribution in [1.29, 1.82) is 0 Å². The minimum absolute atomic E-state index is 0.145. The molecule has 2 amide bonds. The van der Waals surface area contributed by atoms with Gasteiger partial charge in [-0.15, -0.1) is 0 Å². The summed E-state index contributed by atoms with van der Waals surface area (Å²) in [5.41, 5.74) is 0.579. The predicted octanol–water partition coefficient (Wildman–Crippen LogP) is 4.00. The van der Waals surface area contributed by atoms with Crippen LogP contribution in [0.4, 0.5) is 21.9 Å². The minimum atomic E-state index is -0.546. The van der Waals surface area contributed by atoms with E-state index in [1.165, 1.54) is 18.2 Å². The van der Waals surface area contributed by atoms with Crippen molar-refractivity contribution in [3.63, 3.8) is 0 Å². The van der Waals surface area contributed by atoms with E-state index >= 15 is 0 Å². The van der Waals surface area contributed by atoms with Gasteiger partial charge in [0.2, 0.25) is 0 Å². The van der Waals surface area contributed by atoms with E-state index in [-0.39, 0.29) is 11.4 Å². The summed E-state index contributed by atoms with van der Waals surface area (Å²) < 4.78 is 0.891. The molecule has 0 radical (unpaired) electrons. The third-order valence-corrected chi connectivity index (χ3v) is 2.98. The van der Waals surface area contributed by atoms with Crippen molar-refractivity contribution in [3.05, 3.63) is 63.1 Å². The van der Waals surface area contributed by atoms with Crippen LogP contribution < -0.4 is 10.6 Å². The molecule has 0 aliphatic carbocycles. The molecule has 0 aliphatic rings. The molecule has 0 saturated carbocycles. The summed E-state index contributed by atoms with van der Waals surface area (Å²) in [4.78, 5) is 22.1. The molecular weight excluding hydrogens is 326 g/mol. The highest BCUT2D eigenvalue weighted by Crippen LogP contribution is 2.23. The second kappa shape index (κ2) is 6.16. The molecule has 0 atom stereocenters. The number of hydrogen-bond acceptors (Lipinski definition) is 3. The lowest BCUT2D eigenvalue weighted by Crippen LogP contribution is -2.19. The molecule has 0 unspecified atom stereocenters. The first-order chi connectivity index (χ1) is 9.56. The van der Waals surface area contributed by atoms with Crippen LogP contribution in [0.5, 0.6) is 0 Å². The first-order valence-corrected chi connectivity index (χ1v) is 6.42. The average Bonchev–Trinajstić information content (AvgIpc) is 2.41. The number of para-hydroxylation sites is 2. The quantitative estimate of drug-likeness (QED) is 0.656. The van der Waals surface area contributed by atoms with Crippen molar-refractivity contribution in [2.24, 2.45) is 0 Å². The predicted molar refractivity (Wildman–Crippen MR) is 79.9 cm³/mol. The van der Waals surface area contributed by atoms with Crippen LogP contribution in [0, 0.1) is 10.1 Å². The van der Waals surface area contributed by atoms with Crippen LogP contribution in [0.3, 0.4) is 0 Å². The molecule has 0 bridgehead atoms. The lowest BCUT2D eigenvalue weighted by Gasteiger charge is -2.08. The van der Waals surface area contributed by atoms with Crippen LogP contribution in [-0.2, 0) is 0 Å². The Morgan fingerprint density at radius 3 is 2.35 bits per heavy atom. The van der Waals surface area contributed by atoms with Crippen molar-refractivity contribution in [3.8, 4) is 0 Å².